The number of hydrogen-bond acceptors (Lipinski definition) is 2. The average molecular weight is 318 g/mol. The van der Waals surface area contributed by atoms with E-state index in [1.54, 1.807) is 0 Å². The molecule has 0 N–H and O–H groups in total. The van der Waals surface area contributed by atoms with Crippen molar-refractivity contribution in [2.45, 2.75) is 57.8 Å². The summed E-state index contributed by atoms with van der Waals surface area (Å²) in [4.78, 5) is 29.4. The zero-order valence-electron chi connectivity index (χ0n) is 14.2. The number of piperazine rings is 1. The van der Waals surface area contributed by atoms with Gasteiger partial charge in [0.1, 0.15) is 0 Å². The molecule has 0 aromatic rings. The Morgan fingerprint density at radius 3 is 1.65 bits per heavy atom. The van der Waals surface area contributed by atoms with Crippen LogP contribution >= 0.6 is 0 Å². The minimum atomic E-state index is 0.261. The van der Waals surface area contributed by atoms with Crippen molar-refractivity contribution < 1.29 is 9.59 Å². The molecule has 4 fully saturated rings. The van der Waals surface area contributed by atoms with Crippen LogP contribution in [0, 0.1) is 23.7 Å². The molecule has 2 amide bonds. The Balaban J connectivity index is 1.27. The maximum absolute atomic E-state index is 12.7. The number of carbonyl (C=O) groups is 2. The lowest BCUT2D eigenvalue weighted by Gasteiger charge is -2.37. The number of hydrogen-bond donors (Lipinski definition) is 0. The van der Waals surface area contributed by atoms with Gasteiger partial charge in [0.05, 0.1) is 0 Å². The summed E-state index contributed by atoms with van der Waals surface area (Å²) in [5.74, 6) is 2.73. The molecule has 4 aliphatic rings. The van der Waals surface area contributed by atoms with Gasteiger partial charge >= 0.3 is 0 Å². The van der Waals surface area contributed by atoms with Gasteiger partial charge in [-0.05, 0) is 37.5 Å². The van der Waals surface area contributed by atoms with E-state index in [0.29, 0.717) is 29.6 Å². The first kappa shape index (κ1) is 15.5. The van der Waals surface area contributed by atoms with Crippen molar-refractivity contribution in [2.75, 3.05) is 26.2 Å². The van der Waals surface area contributed by atoms with Crippen LogP contribution in [0.2, 0.25) is 0 Å². The van der Waals surface area contributed by atoms with Gasteiger partial charge in [0.15, 0.2) is 0 Å². The Bertz CT molecular complexity index is 452. The number of nitrogens with zero attached hydrogens (tertiary/aromatic N) is 2. The highest BCUT2D eigenvalue weighted by molar-refractivity contribution is 5.83. The highest BCUT2D eigenvalue weighted by Gasteiger charge is 2.55. The molecule has 0 aromatic carbocycles. The van der Waals surface area contributed by atoms with Crippen molar-refractivity contribution >= 4 is 11.8 Å². The van der Waals surface area contributed by atoms with Crippen molar-refractivity contribution in [3.05, 3.63) is 0 Å². The van der Waals surface area contributed by atoms with E-state index in [1.807, 2.05) is 9.80 Å². The van der Waals surface area contributed by atoms with E-state index in [4.69, 9.17) is 0 Å². The quantitative estimate of drug-likeness (QED) is 0.785. The second-order valence-electron chi connectivity index (χ2n) is 8.12. The summed E-state index contributed by atoms with van der Waals surface area (Å²) in [5, 5.41) is 0. The molecule has 4 rings (SSSR count). The molecule has 0 aromatic heterocycles. The molecule has 4 heteroatoms. The summed E-state index contributed by atoms with van der Waals surface area (Å²) < 4.78 is 0. The summed E-state index contributed by atoms with van der Waals surface area (Å²) >= 11 is 0. The van der Waals surface area contributed by atoms with Crippen LogP contribution in [0.5, 0.6) is 0 Å². The van der Waals surface area contributed by atoms with Gasteiger partial charge in [0, 0.05) is 38.0 Å². The van der Waals surface area contributed by atoms with Crippen LogP contribution in [0.4, 0.5) is 0 Å². The average Bonchev–Trinajstić information content (AvgIpc) is 3.36. The predicted molar refractivity (Wildman–Crippen MR) is 88.7 cm³/mol. The fraction of sp³-hybridized carbons (Fsp3) is 0.895. The van der Waals surface area contributed by atoms with Gasteiger partial charge in [-0.25, -0.2) is 0 Å². The fourth-order valence-electron chi connectivity index (χ4n) is 5.32. The van der Waals surface area contributed by atoms with Crippen LogP contribution in [0.1, 0.15) is 57.8 Å². The van der Waals surface area contributed by atoms with Crippen LogP contribution in [-0.2, 0) is 9.59 Å². The molecule has 0 bridgehead atoms. The number of amides is 2. The standard InChI is InChI=1S/C19H30N2O2/c22-18(14-6-2-1-3-7-14)20-10-12-21(13-11-20)19(23)17-15-8-4-5-9-16(15)17/h14-17H,1-13H2/t15-,16-/m1/s1. The summed E-state index contributed by atoms with van der Waals surface area (Å²) in [7, 11) is 0. The van der Waals surface area contributed by atoms with Crippen LogP contribution < -0.4 is 0 Å². The Labute approximate surface area is 139 Å². The summed E-state index contributed by atoms with van der Waals surface area (Å²) in [6, 6.07) is 0. The van der Waals surface area contributed by atoms with E-state index in [9.17, 15) is 9.59 Å². The van der Waals surface area contributed by atoms with E-state index in [-0.39, 0.29) is 5.92 Å². The van der Waals surface area contributed by atoms with Gasteiger partial charge in [0.2, 0.25) is 11.8 Å². The van der Waals surface area contributed by atoms with E-state index in [2.05, 4.69) is 0 Å². The molecule has 0 radical (unpaired) electrons. The molecule has 3 aliphatic carbocycles. The molecule has 128 valence electrons. The molecular weight excluding hydrogens is 288 g/mol. The minimum Gasteiger partial charge on any atom is -0.339 e. The normalized spacial score (nSPS) is 34.9. The maximum atomic E-state index is 12.7. The smallest absolute Gasteiger partial charge is 0.226 e. The van der Waals surface area contributed by atoms with Crippen LogP contribution in [0.3, 0.4) is 0 Å². The zero-order valence-corrected chi connectivity index (χ0v) is 14.2. The maximum Gasteiger partial charge on any atom is 0.226 e. The topological polar surface area (TPSA) is 40.6 Å². The third-order valence-corrected chi connectivity index (χ3v) is 6.80. The van der Waals surface area contributed by atoms with Crippen LogP contribution in [0.25, 0.3) is 0 Å². The van der Waals surface area contributed by atoms with E-state index in [0.717, 1.165) is 39.0 Å². The van der Waals surface area contributed by atoms with E-state index in [1.165, 1.54) is 44.9 Å². The molecule has 4 nitrogen and oxygen atoms in total. The Kier molecular flexibility index (Phi) is 4.33. The lowest BCUT2D eigenvalue weighted by atomic mass is 9.88. The van der Waals surface area contributed by atoms with Crippen molar-refractivity contribution in [2.24, 2.45) is 23.7 Å². The second-order valence-corrected chi connectivity index (χ2v) is 8.12. The highest BCUT2D eigenvalue weighted by Crippen LogP contribution is 2.56. The first-order valence-electron chi connectivity index (χ1n) is 9.83. The van der Waals surface area contributed by atoms with Crippen molar-refractivity contribution in [1.29, 1.82) is 0 Å². The molecule has 3 saturated carbocycles. The van der Waals surface area contributed by atoms with Gasteiger partial charge < -0.3 is 9.80 Å². The summed E-state index contributed by atoms with van der Waals surface area (Å²) in [5.41, 5.74) is 0. The van der Waals surface area contributed by atoms with Gasteiger partial charge in [0.25, 0.3) is 0 Å². The summed E-state index contributed by atoms with van der Waals surface area (Å²) in [6.07, 6.45) is 11.0. The largest absolute Gasteiger partial charge is 0.339 e. The van der Waals surface area contributed by atoms with Gasteiger partial charge in [-0.2, -0.15) is 0 Å². The van der Waals surface area contributed by atoms with Crippen LogP contribution in [0.15, 0.2) is 0 Å². The fourth-order valence-corrected chi connectivity index (χ4v) is 5.32. The van der Waals surface area contributed by atoms with Gasteiger partial charge in [-0.1, -0.05) is 32.1 Å². The van der Waals surface area contributed by atoms with Gasteiger partial charge in [-0.15, -0.1) is 0 Å². The zero-order chi connectivity index (χ0) is 15.8. The van der Waals surface area contributed by atoms with Crippen molar-refractivity contribution in [3.63, 3.8) is 0 Å². The molecule has 0 unspecified atom stereocenters. The molecule has 1 aliphatic heterocycles. The highest BCUT2D eigenvalue weighted by atomic mass is 16.2. The van der Waals surface area contributed by atoms with Crippen molar-refractivity contribution in [1.82, 2.24) is 9.80 Å². The van der Waals surface area contributed by atoms with E-state index >= 15 is 0 Å². The number of carbonyl (C=O) groups excluding carboxylic acids is 2. The van der Waals surface area contributed by atoms with Crippen molar-refractivity contribution in [3.8, 4) is 0 Å². The van der Waals surface area contributed by atoms with Crippen LogP contribution in [-0.4, -0.2) is 47.8 Å². The Hall–Kier alpha value is -1.06. The lowest BCUT2D eigenvalue weighted by Crippen LogP contribution is -2.52. The van der Waals surface area contributed by atoms with E-state index < -0.39 is 0 Å². The Morgan fingerprint density at radius 2 is 1.09 bits per heavy atom. The number of rotatable bonds is 2. The SMILES string of the molecule is O=C(C1CCCCC1)N1CCN(C(=O)C2[C@@H]3CCCC[C@@H]23)CC1. The summed E-state index contributed by atoms with van der Waals surface area (Å²) in [6.45, 7) is 3.02. The minimum absolute atomic E-state index is 0.261. The lowest BCUT2D eigenvalue weighted by molar-refractivity contribution is -0.143. The second kappa shape index (κ2) is 6.45. The Morgan fingerprint density at radius 1 is 0.609 bits per heavy atom. The first-order chi connectivity index (χ1) is 11.3. The molecule has 23 heavy (non-hydrogen) atoms. The van der Waals surface area contributed by atoms with Gasteiger partial charge in [-0.3, -0.25) is 9.59 Å². The third kappa shape index (κ3) is 3.01. The number of fused-ring (bicyclic) bond motifs is 1. The molecule has 2 atom stereocenters. The molecule has 0 spiro atoms. The predicted octanol–water partition coefficient (Wildman–Crippen LogP) is 2.67. The molecular formula is C19H30N2O2. The molecule has 1 saturated heterocycles. The molecule has 1 heterocycles. The monoisotopic (exact) mass is 318 g/mol. The first-order valence-corrected chi connectivity index (χ1v) is 9.83. The third-order valence-electron chi connectivity index (χ3n) is 6.80.